The summed E-state index contributed by atoms with van der Waals surface area (Å²) in [5.41, 5.74) is 6.96. The molecule has 1 aromatic heterocycles. The van der Waals surface area contributed by atoms with Gasteiger partial charge in [0.2, 0.25) is 0 Å². The molecule has 84 valence electrons. The van der Waals surface area contributed by atoms with Crippen LogP contribution in [0.15, 0.2) is 29.1 Å². The molecule has 0 radical (unpaired) electrons. The van der Waals surface area contributed by atoms with Crippen LogP contribution in [0.4, 0.5) is 0 Å². The van der Waals surface area contributed by atoms with Gasteiger partial charge in [-0.05, 0) is 25.5 Å². The summed E-state index contributed by atoms with van der Waals surface area (Å²) in [4.78, 5) is 14.5. The molecule has 4 heteroatoms. The Labute approximate surface area is 98.2 Å². The number of halogens is 1. The second kappa shape index (κ2) is 4.28. The molecule has 0 amide bonds. The van der Waals surface area contributed by atoms with Crippen LogP contribution in [0.2, 0.25) is 5.02 Å². The number of H-pyrrole nitrogens is 1. The SMILES string of the molecule is CC(N)Cc1cc2cccc(Cl)c2[nH]c1=O. The molecule has 16 heavy (non-hydrogen) atoms. The minimum absolute atomic E-state index is 0.0299. The van der Waals surface area contributed by atoms with Gasteiger partial charge >= 0.3 is 0 Å². The van der Waals surface area contributed by atoms with Crippen LogP contribution in [-0.2, 0) is 6.42 Å². The molecule has 3 nitrogen and oxygen atoms in total. The van der Waals surface area contributed by atoms with Gasteiger partial charge in [0.1, 0.15) is 0 Å². The van der Waals surface area contributed by atoms with E-state index in [1.807, 2.05) is 25.1 Å². The van der Waals surface area contributed by atoms with Crippen LogP contribution >= 0.6 is 11.6 Å². The number of pyridine rings is 1. The van der Waals surface area contributed by atoms with E-state index in [1.54, 1.807) is 6.07 Å². The summed E-state index contributed by atoms with van der Waals surface area (Å²) >= 11 is 5.99. The summed E-state index contributed by atoms with van der Waals surface area (Å²) in [6, 6.07) is 7.35. The number of fused-ring (bicyclic) bond motifs is 1. The third-order valence-electron chi connectivity index (χ3n) is 2.45. The van der Waals surface area contributed by atoms with E-state index < -0.39 is 0 Å². The maximum Gasteiger partial charge on any atom is 0.251 e. The van der Waals surface area contributed by atoms with Gasteiger partial charge in [0.05, 0.1) is 10.5 Å². The molecule has 0 aliphatic carbocycles. The zero-order chi connectivity index (χ0) is 11.7. The molecular weight excluding hydrogens is 224 g/mol. The Morgan fingerprint density at radius 3 is 2.94 bits per heavy atom. The van der Waals surface area contributed by atoms with Crippen LogP contribution in [0.1, 0.15) is 12.5 Å². The standard InChI is InChI=1S/C12H13ClN2O/c1-7(14)5-9-6-8-3-2-4-10(13)11(8)15-12(9)16/h2-4,6-7H,5,14H2,1H3,(H,15,16). The van der Waals surface area contributed by atoms with E-state index >= 15 is 0 Å². The van der Waals surface area contributed by atoms with Gasteiger partial charge in [0.15, 0.2) is 0 Å². The largest absolute Gasteiger partial charge is 0.328 e. The first kappa shape index (κ1) is 11.2. The highest BCUT2D eigenvalue weighted by atomic mass is 35.5. The molecule has 0 saturated heterocycles. The van der Waals surface area contributed by atoms with Crippen molar-refractivity contribution in [2.45, 2.75) is 19.4 Å². The van der Waals surface area contributed by atoms with E-state index in [9.17, 15) is 4.79 Å². The molecule has 0 aliphatic heterocycles. The van der Waals surface area contributed by atoms with Crippen LogP contribution in [-0.4, -0.2) is 11.0 Å². The molecule has 0 fully saturated rings. The van der Waals surface area contributed by atoms with Crippen LogP contribution in [0.25, 0.3) is 10.9 Å². The minimum atomic E-state index is -0.113. The first-order chi connectivity index (χ1) is 7.58. The van der Waals surface area contributed by atoms with Crippen molar-refractivity contribution in [3.63, 3.8) is 0 Å². The first-order valence-corrected chi connectivity index (χ1v) is 5.51. The average Bonchev–Trinajstić information content (AvgIpc) is 2.20. The normalized spacial score (nSPS) is 12.9. The van der Waals surface area contributed by atoms with Crippen LogP contribution in [0.5, 0.6) is 0 Å². The molecule has 0 saturated carbocycles. The summed E-state index contributed by atoms with van der Waals surface area (Å²) in [6.07, 6.45) is 0.567. The highest BCUT2D eigenvalue weighted by molar-refractivity contribution is 6.35. The lowest BCUT2D eigenvalue weighted by molar-refractivity contribution is 0.732. The number of para-hydroxylation sites is 1. The molecule has 0 bridgehead atoms. The highest BCUT2D eigenvalue weighted by Crippen LogP contribution is 2.20. The number of benzene rings is 1. The van der Waals surface area contributed by atoms with Crippen molar-refractivity contribution in [2.75, 3.05) is 0 Å². The molecule has 2 aromatic rings. The van der Waals surface area contributed by atoms with E-state index in [-0.39, 0.29) is 11.6 Å². The molecular formula is C12H13ClN2O. The van der Waals surface area contributed by atoms with Gasteiger partial charge in [-0.3, -0.25) is 4.79 Å². The summed E-state index contributed by atoms with van der Waals surface area (Å²) < 4.78 is 0. The molecule has 1 heterocycles. The van der Waals surface area contributed by atoms with Crippen LogP contribution in [0.3, 0.4) is 0 Å². The number of hydrogen-bond donors (Lipinski definition) is 2. The minimum Gasteiger partial charge on any atom is -0.328 e. The van der Waals surface area contributed by atoms with E-state index in [0.29, 0.717) is 22.5 Å². The van der Waals surface area contributed by atoms with E-state index in [2.05, 4.69) is 4.98 Å². The van der Waals surface area contributed by atoms with Crippen LogP contribution < -0.4 is 11.3 Å². The smallest absolute Gasteiger partial charge is 0.251 e. The van der Waals surface area contributed by atoms with Gasteiger partial charge < -0.3 is 10.7 Å². The second-order valence-electron chi connectivity index (χ2n) is 4.01. The average molecular weight is 237 g/mol. The van der Waals surface area contributed by atoms with Crippen molar-refractivity contribution >= 4 is 22.5 Å². The number of aromatic amines is 1. The van der Waals surface area contributed by atoms with Gasteiger partial charge in [0.25, 0.3) is 5.56 Å². The van der Waals surface area contributed by atoms with Crippen molar-refractivity contribution in [2.24, 2.45) is 5.73 Å². The van der Waals surface area contributed by atoms with Crippen molar-refractivity contribution in [3.05, 3.63) is 45.2 Å². The molecule has 1 unspecified atom stereocenters. The second-order valence-corrected chi connectivity index (χ2v) is 4.42. The lowest BCUT2D eigenvalue weighted by atomic mass is 10.1. The Balaban J connectivity index is 2.63. The Hall–Kier alpha value is -1.32. The van der Waals surface area contributed by atoms with Crippen molar-refractivity contribution in [1.29, 1.82) is 0 Å². The van der Waals surface area contributed by atoms with Gasteiger partial charge in [-0.25, -0.2) is 0 Å². The summed E-state index contributed by atoms with van der Waals surface area (Å²) in [5, 5.41) is 1.49. The number of rotatable bonds is 2. The first-order valence-electron chi connectivity index (χ1n) is 5.14. The molecule has 0 aliphatic rings. The van der Waals surface area contributed by atoms with Gasteiger partial charge in [-0.15, -0.1) is 0 Å². The topological polar surface area (TPSA) is 58.9 Å². The quantitative estimate of drug-likeness (QED) is 0.839. The van der Waals surface area contributed by atoms with E-state index in [0.717, 1.165) is 5.39 Å². The van der Waals surface area contributed by atoms with Gasteiger partial charge in [0, 0.05) is 17.0 Å². The van der Waals surface area contributed by atoms with Crippen molar-refractivity contribution in [3.8, 4) is 0 Å². The Bertz CT molecular complexity index is 575. The van der Waals surface area contributed by atoms with E-state index in [1.165, 1.54) is 0 Å². The number of nitrogens with two attached hydrogens (primary N) is 1. The Kier molecular flexibility index (Phi) is 2.99. The Morgan fingerprint density at radius 1 is 1.50 bits per heavy atom. The fourth-order valence-electron chi connectivity index (χ4n) is 1.74. The maximum absolute atomic E-state index is 11.8. The predicted octanol–water partition coefficient (Wildman–Crippen LogP) is 2.07. The van der Waals surface area contributed by atoms with Gasteiger partial charge in [-0.2, -0.15) is 0 Å². The zero-order valence-electron chi connectivity index (χ0n) is 8.96. The predicted molar refractivity (Wildman–Crippen MR) is 66.9 cm³/mol. The third-order valence-corrected chi connectivity index (χ3v) is 2.76. The molecule has 3 N–H and O–H groups in total. The van der Waals surface area contributed by atoms with Crippen LogP contribution in [0, 0.1) is 0 Å². The third kappa shape index (κ3) is 2.10. The van der Waals surface area contributed by atoms with Crippen molar-refractivity contribution < 1.29 is 0 Å². The molecule has 1 aromatic carbocycles. The lowest BCUT2D eigenvalue weighted by Crippen LogP contribution is -2.23. The van der Waals surface area contributed by atoms with Gasteiger partial charge in [-0.1, -0.05) is 23.7 Å². The summed E-state index contributed by atoms with van der Waals surface area (Å²) in [5.74, 6) is 0. The number of hydrogen-bond acceptors (Lipinski definition) is 2. The number of aromatic nitrogens is 1. The highest BCUT2D eigenvalue weighted by Gasteiger charge is 2.06. The monoisotopic (exact) mass is 236 g/mol. The molecule has 2 rings (SSSR count). The molecule has 1 atom stereocenters. The molecule has 0 spiro atoms. The lowest BCUT2D eigenvalue weighted by Gasteiger charge is -2.06. The summed E-state index contributed by atoms with van der Waals surface area (Å²) in [6.45, 7) is 1.88. The fourth-order valence-corrected chi connectivity index (χ4v) is 1.97. The Morgan fingerprint density at radius 2 is 2.25 bits per heavy atom. The zero-order valence-corrected chi connectivity index (χ0v) is 9.71. The van der Waals surface area contributed by atoms with Crippen molar-refractivity contribution in [1.82, 2.24) is 4.98 Å². The van der Waals surface area contributed by atoms with E-state index in [4.69, 9.17) is 17.3 Å². The summed E-state index contributed by atoms with van der Waals surface area (Å²) in [7, 11) is 0. The number of nitrogens with one attached hydrogen (secondary N) is 1. The maximum atomic E-state index is 11.8. The fraction of sp³-hybridized carbons (Fsp3) is 0.250.